The zero-order chi connectivity index (χ0) is 19.3. The van der Waals surface area contributed by atoms with Crippen molar-refractivity contribution in [3.63, 3.8) is 0 Å². The minimum atomic E-state index is -4.48. The number of rotatable bonds is 6. The number of carbonyl (C=O) groups is 3. The molecule has 0 spiro atoms. The lowest BCUT2D eigenvalue weighted by molar-refractivity contribution is -0.157. The maximum atomic E-state index is 12.8. The molecule has 2 aliphatic heterocycles. The van der Waals surface area contributed by atoms with Gasteiger partial charge in [0.1, 0.15) is 6.54 Å². The smallest absolute Gasteiger partial charge is 0.354 e. The van der Waals surface area contributed by atoms with E-state index in [1.54, 1.807) is 4.90 Å². The summed E-state index contributed by atoms with van der Waals surface area (Å²) in [7, 11) is 0. The maximum absolute atomic E-state index is 12.8. The molecule has 0 radical (unpaired) electrons. The molecule has 0 saturated carbocycles. The van der Waals surface area contributed by atoms with E-state index < -0.39 is 24.5 Å². The molecule has 0 aromatic heterocycles. The van der Waals surface area contributed by atoms with Gasteiger partial charge in [0.2, 0.25) is 17.7 Å². The van der Waals surface area contributed by atoms with E-state index in [0.29, 0.717) is 17.9 Å². The highest BCUT2D eigenvalue weighted by atomic mass is 19.4. The van der Waals surface area contributed by atoms with E-state index in [1.165, 1.54) is 0 Å². The van der Waals surface area contributed by atoms with Crippen molar-refractivity contribution in [1.82, 2.24) is 15.1 Å². The quantitative estimate of drug-likeness (QED) is 0.692. The van der Waals surface area contributed by atoms with Crippen molar-refractivity contribution < 1.29 is 27.6 Å². The molecule has 26 heavy (non-hydrogen) atoms. The molecule has 10 heteroatoms. The third-order valence-electron chi connectivity index (χ3n) is 4.75. The van der Waals surface area contributed by atoms with Gasteiger partial charge in [-0.3, -0.25) is 14.4 Å². The minimum Gasteiger partial charge on any atom is -0.354 e. The van der Waals surface area contributed by atoms with Crippen molar-refractivity contribution in [1.29, 1.82) is 0 Å². The molecule has 2 heterocycles. The van der Waals surface area contributed by atoms with E-state index in [2.05, 4.69) is 5.32 Å². The third kappa shape index (κ3) is 5.58. The lowest BCUT2D eigenvalue weighted by Crippen LogP contribution is -2.51. The van der Waals surface area contributed by atoms with Crippen LogP contribution in [0.4, 0.5) is 13.2 Å². The first-order valence-corrected chi connectivity index (χ1v) is 8.83. The zero-order valence-electron chi connectivity index (χ0n) is 14.6. The van der Waals surface area contributed by atoms with Gasteiger partial charge >= 0.3 is 6.18 Å². The predicted molar refractivity (Wildman–Crippen MR) is 86.8 cm³/mol. The number of nitrogens with one attached hydrogen (secondary N) is 1. The van der Waals surface area contributed by atoms with Gasteiger partial charge in [-0.25, -0.2) is 0 Å². The molecule has 7 nitrogen and oxygen atoms in total. The summed E-state index contributed by atoms with van der Waals surface area (Å²) in [5.74, 6) is -1.91. The second-order valence-electron chi connectivity index (χ2n) is 6.81. The largest absolute Gasteiger partial charge is 0.406 e. The number of hydrogen-bond acceptors (Lipinski definition) is 4. The summed E-state index contributed by atoms with van der Waals surface area (Å²) in [6.45, 7) is -0.524. The van der Waals surface area contributed by atoms with E-state index in [0.717, 1.165) is 12.8 Å². The molecular weight excluding hydrogens is 353 g/mol. The Hall–Kier alpha value is -1.84. The number of nitrogens with zero attached hydrogens (tertiary/aromatic N) is 2. The van der Waals surface area contributed by atoms with Crippen molar-refractivity contribution in [2.45, 2.75) is 44.3 Å². The minimum absolute atomic E-state index is 0.196. The van der Waals surface area contributed by atoms with Crippen molar-refractivity contribution in [2.24, 2.45) is 11.7 Å². The number of hydrogen-bond donors (Lipinski definition) is 2. The van der Waals surface area contributed by atoms with Crippen LogP contribution >= 0.6 is 0 Å². The first-order valence-electron chi connectivity index (χ1n) is 8.83. The first kappa shape index (κ1) is 20.5. The second-order valence-corrected chi connectivity index (χ2v) is 6.81. The fourth-order valence-electron chi connectivity index (χ4n) is 3.50. The van der Waals surface area contributed by atoms with E-state index in [1.807, 2.05) is 0 Å². The lowest BCUT2D eigenvalue weighted by atomic mass is 9.98. The highest BCUT2D eigenvalue weighted by Crippen LogP contribution is 2.27. The Bertz CT molecular complexity index is 541. The van der Waals surface area contributed by atoms with Crippen LogP contribution in [0.15, 0.2) is 0 Å². The Labute approximate surface area is 150 Å². The molecule has 0 aliphatic carbocycles. The van der Waals surface area contributed by atoms with Crippen LogP contribution < -0.4 is 11.1 Å². The van der Waals surface area contributed by atoms with Gasteiger partial charge in [0.05, 0.1) is 5.92 Å². The van der Waals surface area contributed by atoms with Crippen LogP contribution in [0.3, 0.4) is 0 Å². The van der Waals surface area contributed by atoms with Gasteiger partial charge in [0.15, 0.2) is 0 Å². The molecule has 0 bridgehead atoms. The van der Waals surface area contributed by atoms with Gasteiger partial charge in [0, 0.05) is 45.1 Å². The molecule has 0 aromatic carbocycles. The Balaban J connectivity index is 1.95. The van der Waals surface area contributed by atoms with Crippen LogP contribution in [0.5, 0.6) is 0 Å². The standard InChI is InChI=1S/C16H25F3N4O3/c17-16(18,19)10-22-9-11(7-14(22)25)15(26)23-6-2-1-3-12(23)8-21-13(24)4-5-20/h11-12H,1-10,20H2,(H,21,24). The molecule has 148 valence electrons. The molecule has 2 rings (SSSR count). The number of alkyl halides is 3. The average Bonchev–Trinajstić information content (AvgIpc) is 2.92. The SMILES string of the molecule is NCCC(=O)NCC1CCCCN1C(=O)C1CC(=O)N(CC(F)(F)F)C1. The summed E-state index contributed by atoms with van der Waals surface area (Å²) >= 11 is 0. The van der Waals surface area contributed by atoms with E-state index in [-0.39, 0.29) is 50.3 Å². The van der Waals surface area contributed by atoms with Crippen LogP contribution in [0, 0.1) is 5.92 Å². The number of carbonyl (C=O) groups excluding carboxylic acids is 3. The van der Waals surface area contributed by atoms with Gasteiger partial charge in [-0.1, -0.05) is 0 Å². The highest BCUT2D eigenvalue weighted by molar-refractivity contribution is 5.89. The zero-order valence-corrected chi connectivity index (χ0v) is 14.6. The Morgan fingerprint density at radius 3 is 2.65 bits per heavy atom. The molecule has 2 aliphatic rings. The Morgan fingerprint density at radius 2 is 2.00 bits per heavy atom. The van der Waals surface area contributed by atoms with E-state index in [9.17, 15) is 27.6 Å². The third-order valence-corrected chi connectivity index (χ3v) is 4.75. The van der Waals surface area contributed by atoms with Gasteiger partial charge in [0.25, 0.3) is 0 Å². The second kappa shape index (κ2) is 8.70. The van der Waals surface area contributed by atoms with Crippen LogP contribution in [-0.2, 0) is 14.4 Å². The van der Waals surface area contributed by atoms with Crippen molar-refractivity contribution in [3.8, 4) is 0 Å². The number of nitrogens with two attached hydrogens (primary N) is 1. The summed E-state index contributed by atoms with van der Waals surface area (Å²) in [5.41, 5.74) is 5.32. The maximum Gasteiger partial charge on any atom is 0.406 e. The molecular formula is C16H25F3N4O3. The molecule has 0 aromatic rings. The topological polar surface area (TPSA) is 95.7 Å². The van der Waals surface area contributed by atoms with Gasteiger partial charge in [-0.05, 0) is 19.3 Å². The molecule has 2 unspecified atom stereocenters. The van der Waals surface area contributed by atoms with Crippen LogP contribution in [0.1, 0.15) is 32.1 Å². The normalized spacial score (nSPS) is 24.1. The summed E-state index contributed by atoms with van der Waals surface area (Å²) in [6, 6.07) is -0.204. The monoisotopic (exact) mass is 378 g/mol. The van der Waals surface area contributed by atoms with Gasteiger partial charge in [-0.2, -0.15) is 13.2 Å². The van der Waals surface area contributed by atoms with Crippen molar-refractivity contribution in [3.05, 3.63) is 0 Å². The molecule has 3 amide bonds. The number of likely N-dealkylation sites (tertiary alicyclic amines) is 2. The number of halogens is 3. The summed E-state index contributed by atoms with van der Waals surface area (Å²) < 4.78 is 37.6. The van der Waals surface area contributed by atoms with Crippen LogP contribution in [0.2, 0.25) is 0 Å². The van der Waals surface area contributed by atoms with Crippen molar-refractivity contribution in [2.75, 3.05) is 32.7 Å². The van der Waals surface area contributed by atoms with Crippen LogP contribution in [0.25, 0.3) is 0 Å². The number of amides is 3. The van der Waals surface area contributed by atoms with Gasteiger partial charge < -0.3 is 20.9 Å². The molecule has 2 fully saturated rings. The summed E-state index contributed by atoms with van der Waals surface area (Å²) in [6.07, 6.45) is -2.06. The fraction of sp³-hybridized carbons (Fsp3) is 0.812. The molecule has 2 saturated heterocycles. The predicted octanol–water partition coefficient (Wildman–Crippen LogP) is 0.243. The van der Waals surface area contributed by atoms with Gasteiger partial charge in [-0.15, -0.1) is 0 Å². The number of piperidine rings is 1. The van der Waals surface area contributed by atoms with Crippen LogP contribution in [-0.4, -0.2) is 72.5 Å². The highest BCUT2D eigenvalue weighted by Gasteiger charge is 2.42. The van der Waals surface area contributed by atoms with E-state index >= 15 is 0 Å². The molecule has 2 atom stereocenters. The van der Waals surface area contributed by atoms with E-state index in [4.69, 9.17) is 5.73 Å². The average molecular weight is 378 g/mol. The first-order chi connectivity index (χ1) is 12.2. The fourth-order valence-corrected chi connectivity index (χ4v) is 3.50. The Morgan fingerprint density at radius 1 is 1.27 bits per heavy atom. The lowest BCUT2D eigenvalue weighted by Gasteiger charge is -2.37. The summed E-state index contributed by atoms with van der Waals surface area (Å²) in [5, 5.41) is 2.74. The molecule has 3 N–H and O–H groups in total. The van der Waals surface area contributed by atoms with Crippen molar-refractivity contribution >= 4 is 17.7 Å². The Kier molecular flexibility index (Phi) is 6.85. The summed E-state index contributed by atoms with van der Waals surface area (Å²) in [4.78, 5) is 38.5.